The lowest BCUT2D eigenvalue weighted by Gasteiger charge is -2.61. The van der Waals surface area contributed by atoms with E-state index in [1.807, 2.05) is 19.1 Å². The smallest absolute Gasteiger partial charge is 0.288 e. The lowest BCUT2D eigenvalue weighted by atomic mass is 9.51. The Labute approximate surface area is 128 Å². The van der Waals surface area contributed by atoms with Crippen molar-refractivity contribution < 1.29 is 13.5 Å². The number of hydrogen-bond acceptors (Lipinski definition) is 3. The van der Waals surface area contributed by atoms with Gasteiger partial charge in [-0.15, -0.1) is 0 Å². The fraction of sp³-hybridized carbons (Fsp3) is 0.625. The molecule has 0 radical (unpaired) electrons. The lowest BCUT2D eigenvalue weighted by molar-refractivity contribution is -0.157. The Hall–Kier alpha value is -0.810. The molecular weight excluding hydrogens is 292 g/mol. The second kappa shape index (κ2) is 6.13. The maximum Gasteiger partial charge on any atom is 0.288 e. The van der Waals surface area contributed by atoms with E-state index in [-0.39, 0.29) is 5.41 Å². The monoisotopic (exact) mass is 313 g/mol. The van der Waals surface area contributed by atoms with Gasteiger partial charge in [0.25, 0.3) is 5.76 Å². The molecule has 5 heteroatoms. The first-order valence-electron chi connectivity index (χ1n) is 7.57. The normalized spacial score (nSPS) is 26.5. The van der Waals surface area contributed by atoms with Crippen LogP contribution in [-0.2, 0) is 4.74 Å². The maximum atomic E-state index is 12.6. The Kier molecular flexibility index (Phi) is 4.41. The van der Waals surface area contributed by atoms with Gasteiger partial charge >= 0.3 is 0 Å². The summed E-state index contributed by atoms with van der Waals surface area (Å²) in [6.45, 7) is 2.78. The minimum absolute atomic E-state index is 0.235. The molecule has 0 heterocycles. The van der Waals surface area contributed by atoms with Crippen molar-refractivity contribution in [3.8, 4) is 0 Å². The first kappa shape index (κ1) is 15.1. The Morgan fingerprint density at radius 1 is 1.38 bits per heavy atom. The summed E-state index contributed by atoms with van der Waals surface area (Å²) in [5.41, 5.74) is 1.06. The second-order valence-electron chi connectivity index (χ2n) is 5.84. The lowest BCUT2D eigenvalue weighted by Crippen LogP contribution is -2.64. The predicted molar refractivity (Wildman–Crippen MR) is 82.0 cm³/mol. The summed E-state index contributed by atoms with van der Waals surface area (Å²) in [5.74, 6) is -2.39. The second-order valence-corrected chi connectivity index (χ2v) is 6.87. The molecule has 2 unspecified atom stereocenters. The van der Waals surface area contributed by atoms with Crippen LogP contribution in [0.1, 0.15) is 32.6 Å². The van der Waals surface area contributed by atoms with Gasteiger partial charge in [-0.3, -0.25) is 0 Å². The first-order valence-corrected chi connectivity index (χ1v) is 8.45. The van der Waals surface area contributed by atoms with Crippen LogP contribution in [0.4, 0.5) is 14.5 Å². The minimum atomic E-state index is -2.39. The number of para-hydroxylation sites is 1. The summed E-state index contributed by atoms with van der Waals surface area (Å²) >= 11 is 0.611. The van der Waals surface area contributed by atoms with Crippen LogP contribution in [0, 0.1) is 5.41 Å². The highest BCUT2D eigenvalue weighted by molar-refractivity contribution is 7.99. The summed E-state index contributed by atoms with van der Waals surface area (Å²) in [4.78, 5) is 0.627. The van der Waals surface area contributed by atoms with Gasteiger partial charge in [-0.1, -0.05) is 30.3 Å². The third kappa shape index (κ3) is 2.78. The van der Waals surface area contributed by atoms with Crippen molar-refractivity contribution in [1.82, 2.24) is 0 Å². The fourth-order valence-electron chi connectivity index (χ4n) is 3.61. The summed E-state index contributed by atoms with van der Waals surface area (Å²) < 4.78 is 31.1. The zero-order chi connectivity index (χ0) is 14.9. The molecule has 0 bridgehead atoms. The molecular formula is C16H21F2NOS. The molecule has 116 valence electrons. The van der Waals surface area contributed by atoms with E-state index in [9.17, 15) is 8.78 Å². The van der Waals surface area contributed by atoms with Crippen LogP contribution >= 0.6 is 11.8 Å². The summed E-state index contributed by atoms with van der Waals surface area (Å²) in [7, 11) is 0. The van der Waals surface area contributed by atoms with Gasteiger partial charge in [0.15, 0.2) is 0 Å². The van der Waals surface area contributed by atoms with Gasteiger partial charge in [-0.2, -0.15) is 8.78 Å². The van der Waals surface area contributed by atoms with Crippen molar-refractivity contribution in [1.29, 1.82) is 0 Å². The van der Waals surface area contributed by atoms with Crippen molar-refractivity contribution in [3.05, 3.63) is 24.3 Å². The van der Waals surface area contributed by atoms with Crippen molar-refractivity contribution in [2.45, 2.75) is 55.4 Å². The topological polar surface area (TPSA) is 21.3 Å². The highest BCUT2D eigenvalue weighted by atomic mass is 32.2. The molecule has 0 saturated heterocycles. The largest absolute Gasteiger partial charge is 0.381 e. The Morgan fingerprint density at radius 2 is 2.14 bits per heavy atom. The number of rotatable bonds is 6. The van der Waals surface area contributed by atoms with Crippen LogP contribution in [0.25, 0.3) is 0 Å². The molecule has 1 spiro atoms. The zero-order valence-corrected chi connectivity index (χ0v) is 13.0. The molecule has 1 aromatic rings. The number of halogens is 2. The molecule has 2 nitrogen and oxygen atoms in total. The standard InChI is InChI=1S/C16H21F2NOS/c1-2-20-14-10-13(16(14)8-5-9-16)19-11-6-3-4-7-12(11)21-15(17)18/h3-4,6-7,13-15,19H,2,5,8-10H2,1H3. The minimum Gasteiger partial charge on any atom is -0.381 e. The average Bonchev–Trinajstić information content (AvgIpc) is 2.36. The van der Waals surface area contributed by atoms with Crippen LogP contribution in [0.5, 0.6) is 0 Å². The molecule has 3 rings (SSSR count). The van der Waals surface area contributed by atoms with Crippen LogP contribution in [-0.4, -0.2) is 24.5 Å². The van der Waals surface area contributed by atoms with Gasteiger partial charge in [0, 0.05) is 28.6 Å². The van der Waals surface area contributed by atoms with Crippen molar-refractivity contribution in [3.63, 3.8) is 0 Å². The summed E-state index contributed by atoms with van der Waals surface area (Å²) in [6, 6.07) is 7.70. The molecule has 2 aliphatic carbocycles. The van der Waals surface area contributed by atoms with E-state index in [1.54, 1.807) is 12.1 Å². The van der Waals surface area contributed by atoms with E-state index in [2.05, 4.69) is 5.32 Å². The highest BCUT2D eigenvalue weighted by Crippen LogP contribution is 2.58. The molecule has 2 fully saturated rings. The highest BCUT2D eigenvalue weighted by Gasteiger charge is 2.58. The van der Waals surface area contributed by atoms with Crippen molar-refractivity contribution >= 4 is 17.4 Å². The van der Waals surface area contributed by atoms with Gasteiger partial charge in [-0.25, -0.2) is 0 Å². The third-order valence-electron chi connectivity index (χ3n) is 4.87. The van der Waals surface area contributed by atoms with E-state index in [0.717, 1.165) is 18.7 Å². The molecule has 0 aromatic heterocycles. The van der Waals surface area contributed by atoms with E-state index < -0.39 is 5.76 Å². The van der Waals surface area contributed by atoms with Crippen LogP contribution in [0.3, 0.4) is 0 Å². The molecule has 2 atom stereocenters. The van der Waals surface area contributed by atoms with Crippen LogP contribution < -0.4 is 5.32 Å². The predicted octanol–water partition coefficient (Wildman–Crippen LogP) is 4.76. The van der Waals surface area contributed by atoms with Crippen molar-refractivity contribution in [2.24, 2.45) is 5.41 Å². The molecule has 0 aliphatic heterocycles. The van der Waals surface area contributed by atoms with Crippen LogP contribution in [0.15, 0.2) is 29.2 Å². The van der Waals surface area contributed by atoms with E-state index in [4.69, 9.17) is 4.74 Å². The average molecular weight is 313 g/mol. The Bertz CT molecular complexity index is 493. The first-order chi connectivity index (χ1) is 10.2. The van der Waals surface area contributed by atoms with Gasteiger partial charge < -0.3 is 10.1 Å². The number of alkyl halides is 2. The zero-order valence-electron chi connectivity index (χ0n) is 12.1. The number of thioether (sulfide) groups is 1. The van der Waals surface area contributed by atoms with Crippen molar-refractivity contribution in [2.75, 3.05) is 11.9 Å². The van der Waals surface area contributed by atoms with Gasteiger partial charge in [0.2, 0.25) is 0 Å². The molecule has 1 aromatic carbocycles. The molecule has 0 amide bonds. The number of hydrogen-bond donors (Lipinski definition) is 1. The molecule has 1 N–H and O–H groups in total. The fourth-order valence-corrected chi connectivity index (χ4v) is 4.22. The van der Waals surface area contributed by atoms with Gasteiger partial charge in [0.05, 0.1) is 6.10 Å². The van der Waals surface area contributed by atoms with E-state index in [0.29, 0.717) is 28.8 Å². The maximum absolute atomic E-state index is 12.6. The molecule has 2 aliphatic rings. The van der Waals surface area contributed by atoms with Gasteiger partial charge in [-0.05, 0) is 38.3 Å². The van der Waals surface area contributed by atoms with E-state index in [1.165, 1.54) is 19.3 Å². The van der Waals surface area contributed by atoms with Gasteiger partial charge in [0.1, 0.15) is 0 Å². The summed E-state index contributed by atoms with van der Waals surface area (Å²) in [6.07, 6.45) is 4.92. The number of ether oxygens (including phenoxy) is 1. The number of nitrogens with one attached hydrogen (secondary N) is 1. The Balaban J connectivity index is 1.70. The third-order valence-corrected chi connectivity index (χ3v) is 5.66. The molecule has 21 heavy (non-hydrogen) atoms. The van der Waals surface area contributed by atoms with E-state index >= 15 is 0 Å². The summed E-state index contributed by atoms with van der Waals surface area (Å²) in [5, 5.41) is 3.50. The number of anilines is 1. The quantitative estimate of drug-likeness (QED) is 0.765. The van der Waals surface area contributed by atoms with Crippen LogP contribution in [0.2, 0.25) is 0 Å². The SMILES string of the molecule is CCOC1CC(Nc2ccccc2SC(F)F)C12CCC2. The number of benzene rings is 1. The Morgan fingerprint density at radius 3 is 2.76 bits per heavy atom. The molecule has 2 saturated carbocycles.